The van der Waals surface area contributed by atoms with Gasteiger partial charge in [-0.05, 0) is 18.1 Å². The molecule has 0 atom stereocenters. The molecule has 10 nitrogen and oxygen atoms in total. The first-order chi connectivity index (χ1) is 15.1. The van der Waals surface area contributed by atoms with Crippen molar-refractivity contribution in [3.8, 4) is 0 Å². The molecule has 0 aliphatic rings. The highest BCUT2D eigenvalue weighted by Gasteiger charge is 2.23. The molecule has 0 unspecified atom stereocenters. The number of carbonyl (C=O) groups excluding carboxylic acids is 2. The van der Waals surface area contributed by atoms with Gasteiger partial charge in [-0.3, -0.25) is 23.5 Å². The van der Waals surface area contributed by atoms with Crippen molar-refractivity contribution in [1.82, 2.24) is 18.7 Å². The number of nitrogen functional groups attached to an aromatic ring is 1. The van der Waals surface area contributed by atoms with Crippen LogP contribution in [0.2, 0.25) is 0 Å². The van der Waals surface area contributed by atoms with Crippen molar-refractivity contribution >= 4 is 40.4 Å². The Bertz CT molecular complexity index is 1300. The van der Waals surface area contributed by atoms with Crippen molar-refractivity contribution in [2.75, 3.05) is 18.1 Å². The number of ketones is 1. The fourth-order valence-electron chi connectivity index (χ4n) is 3.22. The average molecular weight is 460 g/mol. The van der Waals surface area contributed by atoms with Gasteiger partial charge in [0.05, 0.1) is 16.8 Å². The number of rotatable bonds is 8. The third-order valence-corrected chi connectivity index (χ3v) is 5.84. The number of esters is 1. The molecule has 170 valence electrons. The lowest BCUT2D eigenvalue weighted by Crippen LogP contribution is -2.43. The number of nitrogens with two attached hydrogens (primary N) is 1. The minimum Gasteiger partial charge on any atom is -0.457 e. The zero-order valence-electron chi connectivity index (χ0n) is 18.3. The summed E-state index contributed by atoms with van der Waals surface area (Å²) < 4.78 is 8.93. The van der Waals surface area contributed by atoms with E-state index in [1.54, 1.807) is 0 Å². The molecule has 3 rings (SSSR count). The van der Waals surface area contributed by atoms with Gasteiger partial charge < -0.3 is 15.0 Å². The van der Waals surface area contributed by atoms with Crippen LogP contribution in [0.3, 0.4) is 0 Å². The van der Waals surface area contributed by atoms with Crippen LogP contribution in [0.25, 0.3) is 11.0 Å². The van der Waals surface area contributed by atoms with Crippen LogP contribution in [-0.4, -0.2) is 42.8 Å². The number of fused-ring (bicyclic) bond motifs is 1. The summed E-state index contributed by atoms with van der Waals surface area (Å²) in [6.07, 6.45) is 0. The van der Waals surface area contributed by atoms with Gasteiger partial charge >= 0.3 is 11.7 Å². The molecule has 0 aliphatic carbocycles. The van der Waals surface area contributed by atoms with Crippen LogP contribution in [0, 0.1) is 5.92 Å². The maximum Gasteiger partial charge on any atom is 0.332 e. The monoisotopic (exact) mass is 459 g/mol. The van der Waals surface area contributed by atoms with E-state index in [0.29, 0.717) is 5.16 Å². The maximum absolute atomic E-state index is 12.6. The number of nitrogens with zero attached hydrogens (tertiary/aromatic N) is 4. The Morgan fingerprint density at radius 3 is 2.50 bits per heavy atom. The van der Waals surface area contributed by atoms with Gasteiger partial charge in [-0.2, -0.15) is 0 Å². The standard InChI is InChI=1S/C21H25N5O5S/c1-12(2)9-26-18(22)17(19(29)25(4)21(26)30)15(27)10-31-16(28)11-32-20-23-13-7-5-6-8-14(13)24(20)3/h5-8,12H,9-11,22H2,1-4H3. The number of imidazole rings is 1. The van der Waals surface area contributed by atoms with E-state index in [1.165, 1.54) is 23.4 Å². The number of Topliss-reactive ketones (excluding diaryl/α,β-unsaturated/α-hetero) is 1. The summed E-state index contributed by atoms with van der Waals surface area (Å²) in [7, 11) is 3.12. The lowest BCUT2D eigenvalue weighted by atomic mass is 10.1. The van der Waals surface area contributed by atoms with Crippen molar-refractivity contribution in [3.05, 3.63) is 50.7 Å². The van der Waals surface area contributed by atoms with Crippen LogP contribution >= 0.6 is 11.8 Å². The molecule has 2 aromatic heterocycles. The Labute approximate surface area is 188 Å². The second-order valence-electron chi connectivity index (χ2n) is 7.73. The van der Waals surface area contributed by atoms with Gasteiger partial charge in [0, 0.05) is 20.6 Å². The topological polar surface area (TPSA) is 131 Å². The van der Waals surface area contributed by atoms with Gasteiger partial charge in [0.25, 0.3) is 5.56 Å². The number of hydrogen-bond acceptors (Lipinski definition) is 8. The Kier molecular flexibility index (Phi) is 6.87. The van der Waals surface area contributed by atoms with Gasteiger partial charge in [0.1, 0.15) is 11.4 Å². The van der Waals surface area contributed by atoms with E-state index < -0.39 is 29.6 Å². The molecule has 11 heteroatoms. The Morgan fingerprint density at radius 2 is 1.84 bits per heavy atom. The third-order valence-electron chi connectivity index (χ3n) is 4.84. The summed E-state index contributed by atoms with van der Waals surface area (Å²) in [6, 6.07) is 7.58. The summed E-state index contributed by atoms with van der Waals surface area (Å²) in [4.78, 5) is 54.1. The van der Waals surface area contributed by atoms with Crippen LogP contribution in [0.5, 0.6) is 0 Å². The van der Waals surface area contributed by atoms with Crippen molar-refractivity contribution in [2.45, 2.75) is 25.5 Å². The molecule has 2 N–H and O–H groups in total. The molecule has 32 heavy (non-hydrogen) atoms. The summed E-state index contributed by atoms with van der Waals surface area (Å²) in [5.74, 6) is -1.62. The van der Waals surface area contributed by atoms with E-state index in [4.69, 9.17) is 10.5 Å². The predicted octanol–water partition coefficient (Wildman–Crippen LogP) is 1.19. The van der Waals surface area contributed by atoms with Gasteiger partial charge in [0.15, 0.2) is 11.8 Å². The highest BCUT2D eigenvalue weighted by molar-refractivity contribution is 7.99. The first-order valence-electron chi connectivity index (χ1n) is 9.94. The molecule has 0 bridgehead atoms. The van der Waals surface area contributed by atoms with Crippen LogP contribution in [-0.2, 0) is 30.2 Å². The first kappa shape index (κ1) is 23.3. The van der Waals surface area contributed by atoms with Crippen molar-refractivity contribution in [2.24, 2.45) is 20.0 Å². The quantitative estimate of drug-likeness (QED) is 0.302. The van der Waals surface area contributed by atoms with Crippen LogP contribution in [0.4, 0.5) is 5.82 Å². The Morgan fingerprint density at radius 1 is 1.16 bits per heavy atom. The summed E-state index contributed by atoms with van der Waals surface area (Å²) >= 11 is 1.18. The predicted molar refractivity (Wildman–Crippen MR) is 122 cm³/mol. The summed E-state index contributed by atoms with van der Waals surface area (Å²) in [5, 5.41) is 0.633. The maximum atomic E-state index is 12.6. The number of aromatic nitrogens is 4. The molecule has 0 spiro atoms. The number of benzene rings is 1. The highest BCUT2D eigenvalue weighted by Crippen LogP contribution is 2.22. The molecule has 0 fully saturated rings. The van der Waals surface area contributed by atoms with Crippen molar-refractivity contribution in [1.29, 1.82) is 0 Å². The van der Waals surface area contributed by atoms with Gasteiger partial charge in [0.2, 0.25) is 5.78 Å². The second kappa shape index (κ2) is 9.43. The molecule has 3 aromatic rings. The number of para-hydroxylation sites is 2. The summed E-state index contributed by atoms with van der Waals surface area (Å²) in [5.41, 5.74) is 5.93. The molecule has 0 saturated heterocycles. The van der Waals surface area contributed by atoms with Crippen LogP contribution in [0.15, 0.2) is 39.0 Å². The SMILES string of the molecule is CC(C)Cn1c(N)c(C(=O)COC(=O)CSc2nc3ccccc3n2C)c(=O)n(C)c1=O. The van der Waals surface area contributed by atoms with E-state index in [0.717, 1.165) is 15.6 Å². The fraction of sp³-hybridized carbons (Fsp3) is 0.381. The minimum absolute atomic E-state index is 0.0630. The zero-order valence-corrected chi connectivity index (χ0v) is 19.1. The number of thioether (sulfide) groups is 1. The molecule has 0 radical (unpaired) electrons. The molecular weight excluding hydrogens is 434 g/mol. The molecule has 1 aromatic carbocycles. The summed E-state index contributed by atoms with van der Waals surface area (Å²) in [6.45, 7) is 3.35. The van der Waals surface area contributed by atoms with Crippen molar-refractivity contribution < 1.29 is 14.3 Å². The Hall–Kier alpha value is -3.34. The van der Waals surface area contributed by atoms with E-state index in [2.05, 4.69) is 4.98 Å². The minimum atomic E-state index is -0.817. The molecular formula is C21H25N5O5S. The largest absolute Gasteiger partial charge is 0.457 e. The second-order valence-corrected chi connectivity index (χ2v) is 8.67. The van der Waals surface area contributed by atoms with Gasteiger partial charge in [-0.15, -0.1) is 0 Å². The smallest absolute Gasteiger partial charge is 0.332 e. The van der Waals surface area contributed by atoms with E-state index in [1.807, 2.05) is 49.7 Å². The number of ether oxygens (including phenoxy) is 1. The normalized spacial score (nSPS) is 11.3. The third kappa shape index (κ3) is 4.62. The highest BCUT2D eigenvalue weighted by atomic mass is 32.2. The number of carbonyl (C=O) groups is 2. The molecule has 0 aliphatic heterocycles. The first-order valence-corrected chi connectivity index (χ1v) is 10.9. The number of aryl methyl sites for hydroxylation is 1. The lowest BCUT2D eigenvalue weighted by molar-refractivity contribution is -0.139. The number of anilines is 1. The molecule has 0 saturated carbocycles. The van der Waals surface area contributed by atoms with E-state index in [9.17, 15) is 19.2 Å². The zero-order chi connectivity index (χ0) is 23.6. The van der Waals surface area contributed by atoms with Gasteiger partial charge in [-0.25, -0.2) is 9.78 Å². The van der Waals surface area contributed by atoms with E-state index in [-0.39, 0.29) is 29.6 Å². The van der Waals surface area contributed by atoms with Crippen LogP contribution in [0.1, 0.15) is 24.2 Å². The number of hydrogen-bond donors (Lipinski definition) is 1. The van der Waals surface area contributed by atoms with Crippen molar-refractivity contribution in [3.63, 3.8) is 0 Å². The van der Waals surface area contributed by atoms with Gasteiger partial charge in [-0.1, -0.05) is 37.7 Å². The molecule has 0 amide bonds. The van der Waals surface area contributed by atoms with Crippen LogP contribution < -0.4 is 17.0 Å². The Balaban J connectivity index is 1.69. The average Bonchev–Trinajstić information content (AvgIpc) is 3.08. The van der Waals surface area contributed by atoms with E-state index >= 15 is 0 Å². The molecule has 2 heterocycles. The lowest BCUT2D eigenvalue weighted by Gasteiger charge is -2.16. The fourth-order valence-corrected chi connectivity index (χ4v) is 4.01.